The van der Waals surface area contributed by atoms with E-state index in [0.717, 1.165) is 16.5 Å². The zero-order valence-electron chi connectivity index (χ0n) is 13.9. The van der Waals surface area contributed by atoms with Gasteiger partial charge in [0.2, 0.25) is 5.79 Å². The van der Waals surface area contributed by atoms with Crippen molar-refractivity contribution in [1.29, 1.82) is 0 Å². The van der Waals surface area contributed by atoms with Crippen LogP contribution in [0.3, 0.4) is 0 Å². The second kappa shape index (κ2) is 7.31. The number of aromatic amines is 1. The van der Waals surface area contributed by atoms with Crippen LogP contribution in [0.15, 0.2) is 30.5 Å². The Kier molecular flexibility index (Phi) is 5.28. The van der Waals surface area contributed by atoms with Crippen LogP contribution >= 0.6 is 0 Å². The molecule has 26 heavy (non-hydrogen) atoms. The third kappa shape index (κ3) is 3.45. The number of carbonyl (C=O) groups is 1. The lowest BCUT2D eigenvalue weighted by molar-refractivity contribution is -0.249. The molecule has 0 spiro atoms. The van der Waals surface area contributed by atoms with Crippen LogP contribution in [0.25, 0.3) is 10.9 Å². The predicted molar refractivity (Wildman–Crippen MR) is 89.9 cm³/mol. The van der Waals surface area contributed by atoms with Crippen molar-refractivity contribution in [3.8, 4) is 0 Å². The molecular weight excluding hydrogens is 344 g/mol. The Balaban J connectivity index is 1.57. The summed E-state index contributed by atoms with van der Waals surface area (Å²) in [4.78, 5) is 15.2. The fraction of sp³-hybridized carbons (Fsp3) is 0.471. The second-order valence-corrected chi connectivity index (χ2v) is 6.39. The van der Waals surface area contributed by atoms with Crippen LogP contribution in [0.1, 0.15) is 5.56 Å². The van der Waals surface area contributed by atoms with E-state index in [9.17, 15) is 20.1 Å². The highest BCUT2D eigenvalue weighted by Gasteiger charge is 2.53. The number of aromatic nitrogens is 1. The lowest BCUT2D eigenvalue weighted by Gasteiger charge is -2.22. The van der Waals surface area contributed by atoms with Gasteiger partial charge in [-0.05, 0) is 11.6 Å². The van der Waals surface area contributed by atoms with E-state index in [1.807, 2.05) is 24.3 Å². The first-order chi connectivity index (χ1) is 12.4. The maximum atomic E-state index is 12.1. The molecule has 9 heteroatoms. The van der Waals surface area contributed by atoms with E-state index in [1.165, 1.54) is 0 Å². The van der Waals surface area contributed by atoms with Gasteiger partial charge in [-0.2, -0.15) is 0 Å². The molecule has 2 heterocycles. The number of fused-ring (bicyclic) bond motifs is 1. The highest BCUT2D eigenvalue weighted by Crippen LogP contribution is 2.29. The van der Waals surface area contributed by atoms with E-state index < -0.39 is 49.3 Å². The standard InChI is InChI=1S/C17H22N2O7/c18-11(5-9-6-19-12-4-2-1-3-10(9)12)16(23)25-7-13-14(21)15(22)17(24,8-20)26-13/h1-4,6,11,13-15,19-22,24H,5,7-8,18H2/t11-,13+,14+,15+,17+/m0/s1. The number of esters is 1. The number of aliphatic hydroxyl groups is 4. The van der Waals surface area contributed by atoms with Gasteiger partial charge in [-0.25, -0.2) is 0 Å². The van der Waals surface area contributed by atoms with Crippen LogP contribution in [0.4, 0.5) is 0 Å². The predicted octanol–water partition coefficient (Wildman–Crippen LogP) is -1.62. The molecular formula is C17H22N2O7. The van der Waals surface area contributed by atoms with Crippen molar-refractivity contribution < 1.29 is 34.7 Å². The number of H-pyrrole nitrogens is 1. The van der Waals surface area contributed by atoms with Gasteiger partial charge in [0.15, 0.2) is 0 Å². The van der Waals surface area contributed by atoms with Gasteiger partial charge in [0.1, 0.15) is 31.0 Å². The van der Waals surface area contributed by atoms with E-state index in [0.29, 0.717) is 0 Å². The number of para-hydroxylation sites is 1. The Hall–Kier alpha value is -2.01. The number of carbonyl (C=O) groups excluding carboxylic acids is 1. The van der Waals surface area contributed by atoms with Crippen molar-refractivity contribution in [1.82, 2.24) is 4.98 Å². The summed E-state index contributed by atoms with van der Waals surface area (Å²) < 4.78 is 10.0. The summed E-state index contributed by atoms with van der Waals surface area (Å²) in [7, 11) is 0. The first kappa shape index (κ1) is 18.8. The maximum Gasteiger partial charge on any atom is 0.323 e. The molecule has 1 aromatic heterocycles. The van der Waals surface area contributed by atoms with E-state index in [2.05, 4.69) is 4.98 Å². The fourth-order valence-electron chi connectivity index (χ4n) is 3.03. The SMILES string of the molecule is N[C@@H](Cc1c[nH]c2ccccc12)C(=O)OC[C@H]1O[C@](O)(CO)[C@H](O)[C@@H]1O. The van der Waals surface area contributed by atoms with Gasteiger partial charge < -0.3 is 40.6 Å². The smallest absolute Gasteiger partial charge is 0.323 e. The maximum absolute atomic E-state index is 12.1. The number of hydrogen-bond donors (Lipinski definition) is 6. The summed E-state index contributed by atoms with van der Waals surface area (Å²) >= 11 is 0. The molecule has 1 aromatic carbocycles. The number of nitrogens with one attached hydrogen (secondary N) is 1. The molecule has 1 fully saturated rings. The lowest BCUT2D eigenvalue weighted by Crippen LogP contribution is -2.46. The zero-order chi connectivity index (χ0) is 18.9. The van der Waals surface area contributed by atoms with Crippen LogP contribution in [-0.4, -0.2) is 74.7 Å². The first-order valence-corrected chi connectivity index (χ1v) is 8.20. The van der Waals surface area contributed by atoms with Crippen molar-refractivity contribution in [2.24, 2.45) is 5.73 Å². The lowest BCUT2D eigenvalue weighted by atomic mass is 10.1. The van der Waals surface area contributed by atoms with Crippen LogP contribution in [0, 0.1) is 0 Å². The molecule has 7 N–H and O–H groups in total. The molecule has 3 rings (SSSR count). The van der Waals surface area contributed by atoms with E-state index in [4.69, 9.17) is 20.3 Å². The van der Waals surface area contributed by atoms with Crippen LogP contribution in [-0.2, 0) is 20.7 Å². The molecule has 0 radical (unpaired) electrons. The average molecular weight is 366 g/mol. The number of hydrogen-bond acceptors (Lipinski definition) is 8. The second-order valence-electron chi connectivity index (χ2n) is 6.39. The number of ether oxygens (including phenoxy) is 2. The largest absolute Gasteiger partial charge is 0.462 e. The van der Waals surface area contributed by atoms with Gasteiger partial charge in [0, 0.05) is 23.5 Å². The molecule has 1 aliphatic rings. The van der Waals surface area contributed by atoms with Crippen molar-refractivity contribution in [2.45, 2.75) is 36.6 Å². The van der Waals surface area contributed by atoms with E-state index >= 15 is 0 Å². The summed E-state index contributed by atoms with van der Waals surface area (Å²) in [6, 6.07) is 6.67. The van der Waals surface area contributed by atoms with Gasteiger partial charge in [-0.3, -0.25) is 4.79 Å². The van der Waals surface area contributed by atoms with Gasteiger partial charge in [0.25, 0.3) is 0 Å². The van der Waals surface area contributed by atoms with Gasteiger partial charge >= 0.3 is 5.97 Å². The molecule has 0 unspecified atom stereocenters. The van der Waals surface area contributed by atoms with Crippen LogP contribution < -0.4 is 5.73 Å². The Bertz CT molecular complexity index is 779. The quantitative estimate of drug-likeness (QED) is 0.333. The molecule has 0 saturated carbocycles. The molecule has 1 saturated heterocycles. The molecule has 1 aliphatic heterocycles. The first-order valence-electron chi connectivity index (χ1n) is 8.20. The molecule has 2 aromatic rings. The number of aliphatic hydroxyl groups excluding tert-OH is 3. The van der Waals surface area contributed by atoms with Gasteiger partial charge in [-0.1, -0.05) is 18.2 Å². The van der Waals surface area contributed by atoms with Crippen molar-refractivity contribution in [3.63, 3.8) is 0 Å². The Morgan fingerprint density at radius 3 is 2.81 bits per heavy atom. The molecule has 0 amide bonds. The Labute approximate surface area is 149 Å². The fourth-order valence-corrected chi connectivity index (χ4v) is 3.03. The van der Waals surface area contributed by atoms with Crippen LogP contribution in [0.5, 0.6) is 0 Å². The third-order valence-corrected chi connectivity index (χ3v) is 4.56. The third-order valence-electron chi connectivity index (χ3n) is 4.56. The average Bonchev–Trinajstić information content (AvgIpc) is 3.15. The number of nitrogens with two attached hydrogens (primary N) is 1. The molecule has 5 atom stereocenters. The van der Waals surface area contributed by atoms with Crippen molar-refractivity contribution >= 4 is 16.9 Å². The van der Waals surface area contributed by atoms with Gasteiger partial charge in [-0.15, -0.1) is 0 Å². The Morgan fingerprint density at radius 1 is 1.38 bits per heavy atom. The minimum Gasteiger partial charge on any atom is -0.462 e. The highest BCUT2D eigenvalue weighted by atomic mass is 16.7. The number of rotatable bonds is 6. The molecule has 142 valence electrons. The summed E-state index contributed by atoms with van der Waals surface area (Å²) in [5.41, 5.74) is 7.70. The summed E-state index contributed by atoms with van der Waals surface area (Å²) in [6.07, 6.45) is -2.37. The summed E-state index contributed by atoms with van der Waals surface area (Å²) in [6.45, 7) is -1.32. The minimum absolute atomic E-state index is 0.250. The zero-order valence-corrected chi connectivity index (χ0v) is 13.9. The summed E-state index contributed by atoms with van der Waals surface area (Å²) in [5.74, 6) is -3.00. The molecule has 0 aliphatic carbocycles. The minimum atomic E-state index is -2.29. The van der Waals surface area contributed by atoms with E-state index in [-0.39, 0.29) is 6.42 Å². The topological polar surface area (TPSA) is 158 Å². The summed E-state index contributed by atoms with van der Waals surface area (Å²) in [5, 5.41) is 39.3. The monoisotopic (exact) mass is 366 g/mol. The molecule has 0 bridgehead atoms. The van der Waals surface area contributed by atoms with Gasteiger partial charge in [0.05, 0.1) is 6.61 Å². The van der Waals surface area contributed by atoms with E-state index in [1.54, 1.807) is 6.20 Å². The highest BCUT2D eigenvalue weighted by molar-refractivity contribution is 5.84. The van der Waals surface area contributed by atoms with Crippen molar-refractivity contribution in [3.05, 3.63) is 36.0 Å². The Morgan fingerprint density at radius 2 is 2.12 bits per heavy atom. The normalized spacial score (nSPS) is 29.8. The van der Waals surface area contributed by atoms with Crippen molar-refractivity contribution in [2.75, 3.05) is 13.2 Å². The van der Waals surface area contributed by atoms with Crippen LogP contribution in [0.2, 0.25) is 0 Å². The molecule has 9 nitrogen and oxygen atoms in total. The number of benzene rings is 1.